The summed E-state index contributed by atoms with van der Waals surface area (Å²) < 4.78 is 1.14. The van der Waals surface area contributed by atoms with Gasteiger partial charge in [-0.1, -0.05) is 0 Å². The van der Waals surface area contributed by atoms with E-state index in [2.05, 4.69) is 5.10 Å². The first kappa shape index (κ1) is 10.7. The molecule has 6 heteroatoms. The number of anilines is 1. The van der Waals surface area contributed by atoms with E-state index in [1.807, 2.05) is 0 Å². The van der Waals surface area contributed by atoms with Crippen LogP contribution in [0.5, 0.6) is 0 Å². The van der Waals surface area contributed by atoms with E-state index in [9.17, 15) is 9.59 Å². The summed E-state index contributed by atoms with van der Waals surface area (Å²) in [6, 6.07) is 1.27. The van der Waals surface area contributed by atoms with Gasteiger partial charge in [-0.15, -0.1) is 0 Å². The number of aromatic nitrogens is 2. The minimum atomic E-state index is -0.340. The molecule has 0 radical (unpaired) electrons. The molecule has 0 aromatic carbocycles. The van der Waals surface area contributed by atoms with E-state index >= 15 is 0 Å². The van der Waals surface area contributed by atoms with Crippen LogP contribution in [-0.2, 0) is 11.3 Å². The van der Waals surface area contributed by atoms with Crippen molar-refractivity contribution >= 4 is 11.6 Å². The molecule has 2 heterocycles. The van der Waals surface area contributed by atoms with Gasteiger partial charge in [0.1, 0.15) is 6.54 Å². The molecule has 1 aliphatic heterocycles. The Morgan fingerprint density at radius 3 is 2.75 bits per heavy atom. The van der Waals surface area contributed by atoms with Crippen molar-refractivity contribution in [3.05, 3.63) is 22.6 Å². The molecule has 2 N–H and O–H groups in total. The molecule has 1 aromatic heterocycles. The van der Waals surface area contributed by atoms with Crippen molar-refractivity contribution in [2.45, 2.75) is 19.4 Å². The quantitative estimate of drug-likeness (QED) is 0.727. The van der Waals surface area contributed by atoms with Gasteiger partial charge in [-0.3, -0.25) is 9.59 Å². The van der Waals surface area contributed by atoms with Crippen LogP contribution in [0.3, 0.4) is 0 Å². The number of carbonyl (C=O) groups excluding carboxylic acids is 1. The Morgan fingerprint density at radius 2 is 2.12 bits per heavy atom. The van der Waals surface area contributed by atoms with Crippen LogP contribution in [0.4, 0.5) is 5.69 Å². The number of likely N-dealkylation sites (tertiary alicyclic amines) is 1. The second-order valence-electron chi connectivity index (χ2n) is 3.87. The predicted octanol–water partition coefficient (Wildman–Crippen LogP) is -0.552. The van der Waals surface area contributed by atoms with E-state index in [1.165, 1.54) is 12.3 Å². The number of nitrogen functional groups attached to an aromatic ring is 1. The standard InChI is InChI=1S/C10H14N4O2/c11-8-5-9(15)14(12-6-8)7-10(16)13-3-1-2-4-13/h5-6H,1-4,7,11H2. The van der Waals surface area contributed by atoms with E-state index in [4.69, 9.17) is 5.73 Å². The molecule has 2 rings (SSSR count). The minimum Gasteiger partial charge on any atom is -0.397 e. The maximum Gasteiger partial charge on any atom is 0.269 e. The topological polar surface area (TPSA) is 81.2 Å². The first-order valence-corrected chi connectivity index (χ1v) is 5.27. The molecular formula is C10H14N4O2. The lowest BCUT2D eigenvalue weighted by Crippen LogP contribution is -2.35. The summed E-state index contributed by atoms with van der Waals surface area (Å²) in [5.41, 5.74) is 5.38. The molecule has 6 nitrogen and oxygen atoms in total. The van der Waals surface area contributed by atoms with Crippen molar-refractivity contribution in [1.29, 1.82) is 0 Å². The number of carbonyl (C=O) groups is 1. The summed E-state index contributed by atoms with van der Waals surface area (Å²) >= 11 is 0. The highest BCUT2D eigenvalue weighted by atomic mass is 16.2. The molecule has 0 saturated carbocycles. The Kier molecular flexibility index (Phi) is 2.89. The SMILES string of the molecule is Nc1cnn(CC(=O)N2CCCC2)c(=O)c1. The first-order chi connectivity index (χ1) is 7.66. The number of hydrogen-bond acceptors (Lipinski definition) is 4. The van der Waals surface area contributed by atoms with Crippen molar-refractivity contribution in [2.75, 3.05) is 18.8 Å². The Balaban J connectivity index is 2.08. The van der Waals surface area contributed by atoms with Crippen LogP contribution >= 0.6 is 0 Å². The molecule has 0 aliphatic carbocycles. The van der Waals surface area contributed by atoms with E-state index in [-0.39, 0.29) is 18.0 Å². The van der Waals surface area contributed by atoms with Gasteiger partial charge in [0.2, 0.25) is 5.91 Å². The van der Waals surface area contributed by atoms with Gasteiger partial charge < -0.3 is 10.6 Å². The maximum absolute atomic E-state index is 11.7. The molecule has 1 fully saturated rings. The Morgan fingerprint density at radius 1 is 1.44 bits per heavy atom. The lowest BCUT2D eigenvalue weighted by atomic mass is 10.4. The molecule has 0 spiro atoms. The lowest BCUT2D eigenvalue weighted by Gasteiger charge is -2.15. The Bertz CT molecular complexity index is 448. The molecule has 1 aromatic rings. The van der Waals surface area contributed by atoms with Gasteiger partial charge >= 0.3 is 0 Å². The smallest absolute Gasteiger partial charge is 0.269 e. The van der Waals surface area contributed by atoms with Crippen molar-refractivity contribution < 1.29 is 4.79 Å². The molecule has 1 amide bonds. The summed E-state index contributed by atoms with van der Waals surface area (Å²) in [7, 11) is 0. The lowest BCUT2D eigenvalue weighted by molar-refractivity contribution is -0.131. The summed E-state index contributed by atoms with van der Waals surface area (Å²) in [4.78, 5) is 24.9. The molecule has 86 valence electrons. The number of nitrogens with two attached hydrogens (primary N) is 1. The molecule has 0 unspecified atom stereocenters. The van der Waals surface area contributed by atoms with Gasteiger partial charge in [0.25, 0.3) is 5.56 Å². The van der Waals surface area contributed by atoms with Gasteiger partial charge in [-0.2, -0.15) is 5.10 Å². The summed E-state index contributed by atoms with van der Waals surface area (Å²) in [6.07, 6.45) is 3.45. The first-order valence-electron chi connectivity index (χ1n) is 5.27. The van der Waals surface area contributed by atoms with E-state index < -0.39 is 0 Å². The second-order valence-corrected chi connectivity index (χ2v) is 3.87. The second kappa shape index (κ2) is 4.34. The largest absolute Gasteiger partial charge is 0.397 e. The average molecular weight is 222 g/mol. The van der Waals surface area contributed by atoms with Crippen molar-refractivity contribution in [1.82, 2.24) is 14.7 Å². The zero-order valence-corrected chi connectivity index (χ0v) is 8.93. The molecule has 0 bridgehead atoms. The Labute approximate surface area is 92.7 Å². The summed E-state index contributed by atoms with van der Waals surface area (Å²) in [6.45, 7) is 1.56. The zero-order valence-electron chi connectivity index (χ0n) is 8.93. The summed E-state index contributed by atoms with van der Waals surface area (Å²) in [5, 5.41) is 3.82. The van der Waals surface area contributed by atoms with Crippen molar-refractivity contribution in [2.24, 2.45) is 0 Å². The third-order valence-corrected chi connectivity index (χ3v) is 2.63. The fourth-order valence-electron chi connectivity index (χ4n) is 1.76. The highest BCUT2D eigenvalue weighted by molar-refractivity contribution is 5.76. The van der Waals surface area contributed by atoms with Crippen LogP contribution in [0.1, 0.15) is 12.8 Å². The van der Waals surface area contributed by atoms with Gasteiger partial charge in [0.15, 0.2) is 0 Å². The van der Waals surface area contributed by atoms with E-state index in [0.717, 1.165) is 30.6 Å². The fraction of sp³-hybridized carbons (Fsp3) is 0.500. The molecule has 1 saturated heterocycles. The van der Waals surface area contributed by atoms with Gasteiger partial charge in [0, 0.05) is 19.2 Å². The average Bonchev–Trinajstić information content (AvgIpc) is 2.75. The molecular weight excluding hydrogens is 208 g/mol. The van der Waals surface area contributed by atoms with Crippen LogP contribution in [0.15, 0.2) is 17.1 Å². The van der Waals surface area contributed by atoms with Crippen LogP contribution in [0, 0.1) is 0 Å². The van der Waals surface area contributed by atoms with Crippen LogP contribution < -0.4 is 11.3 Å². The van der Waals surface area contributed by atoms with Gasteiger partial charge in [-0.25, -0.2) is 4.68 Å². The Hall–Kier alpha value is -1.85. The number of amides is 1. The third kappa shape index (κ3) is 2.21. The number of rotatable bonds is 2. The highest BCUT2D eigenvalue weighted by Crippen LogP contribution is 2.07. The van der Waals surface area contributed by atoms with E-state index in [0.29, 0.717) is 5.69 Å². The van der Waals surface area contributed by atoms with Crippen LogP contribution in [0.25, 0.3) is 0 Å². The predicted molar refractivity (Wildman–Crippen MR) is 58.7 cm³/mol. The minimum absolute atomic E-state index is 0.000880. The van der Waals surface area contributed by atoms with Crippen LogP contribution in [-0.4, -0.2) is 33.7 Å². The van der Waals surface area contributed by atoms with E-state index in [1.54, 1.807) is 4.90 Å². The number of nitrogens with zero attached hydrogens (tertiary/aromatic N) is 3. The third-order valence-electron chi connectivity index (χ3n) is 2.63. The van der Waals surface area contributed by atoms with Gasteiger partial charge in [-0.05, 0) is 12.8 Å². The zero-order chi connectivity index (χ0) is 11.5. The fourth-order valence-corrected chi connectivity index (χ4v) is 1.76. The molecule has 0 atom stereocenters. The normalized spacial score (nSPS) is 15.4. The monoisotopic (exact) mass is 222 g/mol. The molecule has 1 aliphatic rings. The maximum atomic E-state index is 11.7. The number of hydrogen-bond donors (Lipinski definition) is 1. The van der Waals surface area contributed by atoms with Gasteiger partial charge in [0.05, 0.1) is 11.9 Å². The highest BCUT2D eigenvalue weighted by Gasteiger charge is 2.18. The van der Waals surface area contributed by atoms with Crippen molar-refractivity contribution in [3.8, 4) is 0 Å². The summed E-state index contributed by atoms with van der Waals surface area (Å²) in [5.74, 6) is -0.0585. The van der Waals surface area contributed by atoms with Crippen molar-refractivity contribution in [3.63, 3.8) is 0 Å². The molecule has 16 heavy (non-hydrogen) atoms. The van der Waals surface area contributed by atoms with Crippen LogP contribution in [0.2, 0.25) is 0 Å².